The van der Waals surface area contributed by atoms with Gasteiger partial charge in [-0.25, -0.2) is 4.98 Å². The average Bonchev–Trinajstić information content (AvgIpc) is 2.91. The van der Waals surface area contributed by atoms with Gasteiger partial charge in [0.2, 0.25) is 0 Å². The molecule has 0 amide bonds. The number of fused-ring (bicyclic) bond motifs is 1. The summed E-state index contributed by atoms with van der Waals surface area (Å²) < 4.78 is 18.4. The van der Waals surface area contributed by atoms with Crippen molar-refractivity contribution in [1.82, 2.24) is 9.66 Å². The van der Waals surface area contributed by atoms with E-state index in [0.717, 1.165) is 22.4 Å². The Hall–Kier alpha value is -4.28. The predicted molar refractivity (Wildman–Crippen MR) is 157 cm³/mol. The summed E-state index contributed by atoms with van der Waals surface area (Å²) in [4.78, 5) is 18.6. The van der Waals surface area contributed by atoms with Crippen LogP contribution in [0.15, 0.2) is 58.4 Å². The molecular formula is C31H30ClN3O4. The minimum atomic E-state index is -0.314. The molecule has 4 aromatic rings. The lowest BCUT2D eigenvalue weighted by Crippen LogP contribution is -2.21. The van der Waals surface area contributed by atoms with Crippen LogP contribution in [-0.2, 0) is 0 Å². The van der Waals surface area contributed by atoms with Gasteiger partial charge in [-0.05, 0) is 61.2 Å². The highest BCUT2D eigenvalue weighted by atomic mass is 35.5. The SMILES string of the molecule is C#CCOc1c(C=Nn2c(-c3cc(C(C)C)c(OCC)cc3C)nc3ccccc3c2=O)cc(Cl)cc1OC. The van der Waals surface area contributed by atoms with Crippen molar-refractivity contribution in [1.29, 1.82) is 0 Å². The summed E-state index contributed by atoms with van der Waals surface area (Å²) in [5.74, 6) is 4.61. The summed E-state index contributed by atoms with van der Waals surface area (Å²) in [7, 11) is 1.51. The Bertz CT molecular complexity index is 1650. The number of nitrogens with zero attached hydrogens (tertiary/aromatic N) is 3. The van der Waals surface area contributed by atoms with Gasteiger partial charge in [0.1, 0.15) is 12.4 Å². The maximum absolute atomic E-state index is 13.8. The standard InChI is InChI=1S/C31H30ClN3O4/c1-7-13-39-29-21(15-22(32)16-28(29)37-6)18-33-35-30(34-26-12-10-9-11-23(26)31(35)36)25-17-24(19(3)4)27(38-8-2)14-20(25)5/h1,9-12,14-19H,8,13H2,2-6H3. The Labute approximate surface area is 233 Å². The second-order valence-electron chi connectivity index (χ2n) is 9.13. The van der Waals surface area contributed by atoms with Crippen molar-refractivity contribution in [3.05, 3.63) is 80.6 Å². The first kappa shape index (κ1) is 27.7. The third kappa shape index (κ3) is 5.76. The van der Waals surface area contributed by atoms with Crippen molar-refractivity contribution in [3.8, 4) is 41.0 Å². The van der Waals surface area contributed by atoms with Crippen LogP contribution in [0.4, 0.5) is 0 Å². The summed E-state index contributed by atoms with van der Waals surface area (Å²) >= 11 is 6.33. The summed E-state index contributed by atoms with van der Waals surface area (Å²) in [5.41, 5.74) is 3.44. The second-order valence-corrected chi connectivity index (χ2v) is 9.56. The topological polar surface area (TPSA) is 74.9 Å². The van der Waals surface area contributed by atoms with Gasteiger partial charge in [-0.15, -0.1) is 6.42 Å². The van der Waals surface area contributed by atoms with Crippen LogP contribution in [0.5, 0.6) is 17.2 Å². The molecule has 39 heavy (non-hydrogen) atoms. The Morgan fingerprint density at radius 3 is 2.62 bits per heavy atom. The van der Waals surface area contributed by atoms with Crippen LogP contribution in [0.25, 0.3) is 22.3 Å². The largest absolute Gasteiger partial charge is 0.494 e. The molecule has 1 heterocycles. The molecule has 7 nitrogen and oxygen atoms in total. The molecule has 0 aliphatic carbocycles. The van der Waals surface area contributed by atoms with Gasteiger partial charge in [0, 0.05) is 22.2 Å². The van der Waals surface area contributed by atoms with E-state index >= 15 is 0 Å². The fourth-order valence-electron chi connectivity index (χ4n) is 4.30. The number of hydrogen-bond donors (Lipinski definition) is 0. The number of halogens is 1. The maximum Gasteiger partial charge on any atom is 0.282 e. The maximum atomic E-state index is 13.8. The summed E-state index contributed by atoms with van der Waals surface area (Å²) in [6.07, 6.45) is 6.90. The molecule has 0 aliphatic rings. The van der Waals surface area contributed by atoms with E-state index in [0.29, 0.717) is 45.4 Å². The van der Waals surface area contributed by atoms with Crippen LogP contribution in [0, 0.1) is 19.3 Å². The molecule has 200 valence electrons. The number of terminal acetylenes is 1. The average molecular weight is 544 g/mol. The number of para-hydroxylation sites is 1. The van der Waals surface area contributed by atoms with Crippen LogP contribution in [0.3, 0.4) is 0 Å². The van der Waals surface area contributed by atoms with Crippen LogP contribution in [-0.4, -0.2) is 36.2 Å². The summed E-state index contributed by atoms with van der Waals surface area (Å²) in [6, 6.07) is 14.5. The number of hydrogen-bond acceptors (Lipinski definition) is 6. The van der Waals surface area contributed by atoms with Crippen molar-refractivity contribution in [2.24, 2.45) is 5.10 Å². The number of benzene rings is 3. The van der Waals surface area contributed by atoms with E-state index in [1.165, 1.54) is 18.0 Å². The molecular weight excluding hydrogens is 514 g/mol. The molecule has 0 N–H and O–H groups in total. The Kier molecular flexibility index (Phi) is 8.58. The highest BCUT2D eigenvalue weighted by Crippen LogP contribution is 2.35. The minimum absolute atomic E-state index is 0.0188. The highest BCUT2D eigenvalue weighted by molar-refractivity contribution is 6.31. The zero-order chi connectivity index (χ0) is 28.1. The van der Waals surface area contributed by atoms with Crippen molar-refractivity contribution in [3.63, 3.8) is 0 Å². The highest BCUT2D eigenvalue weighted by Gasteiger charge is 2.19. The van der Waals surface area contributed by atoms with Gasteiger partial charge in [0.15, 0.2) is 17.3 Å². The van der Waals surface area contributed by atoms with Crippen molar-refractivity contribution >= 4 is 28.7 Å². The Morgan fingerprint density at radius 2 is 1.92 bits per heavy atom. The van der Waals surface area contributed by atoms with E-state index in [1.54, 1.807) is 24.3 Å². The molecule has 0 aliphatic heterocycles. The molecule has 1 aromatic heterocycles. The van der Waals surface area contributed by atoms with E-state index in [9.17, 15) is 4.79 Å². The molecule has 0 spiro atoms. The molecule has 0 bridgehead atoms. The quantitative estimate of drug-likeness (QED) is 0.179. The molecule has 0 saturated heterocycles. The normalized spacial score (nSPS) is 11.2. The van der Waals surface area contributed by atoms with Crippen LogP contribution in [0.1, 0.15) is 43.4 Å². The van der Waals surface area contributed by atoms with E-state index in [2.05, 4.69) is 24.9 Å². The molecule has 3 aromatic carbocycles. The van der Waals surface area contributed by atoms with Gasteiger partial charge in [-0.3, -0.25) is 4.79 Å². The van der Waals surface area contributed by atoms with Crippen LogP contribution in [0.2, 0.25) is 5.02 Å². The third-order valence-electron chi connectivity index (χ3n) is 6.15. The lowest BCUT2D eigenvalue weighted by molar-refractivity contribution is 0.330. The van der Waals surface area contributed by atoms with Gasteiger partial charge < -0.3 is 14.2 Å². The van der Waals surface area contributed by atoms with Gasteiger partial charge in [-0.2, -0.15) is 9.78 Å². The molecule has 4 rings (SSSR count). The number of ether oxygens (including phenoxy) is 3. The molecule has 0 radical (unpaired) electrons. The summed E-state index contributed by atoms with van der Waals surface area (Å²) in [6.45, 7) is 8.68. The first-order chi connectivity index (χ1) is 18.8. The number of aryl methyl sites for hydroxylation is 1. The number of aromatic nitrogens is 2. The third-order valence-corrected chi connectivity index (χ3v) is 6.37. The number of rotatable bonds is 9. The van der Waals surface area contributed by atoms with Gasteiger partial charge >= 0.3 is 0 Å². The smallest absolute Gasteiger partial charge is 0.282 e. The van der Waals surface area contributed by atoms with Crippen LogP contribution < -0.4 is 19.8 Å². The molecule has 0 fully saturated rings. The second kappa shape index (κ2) is 12.1. The van der Waals surface area contributed by atoms with Gasteiger partial charge in [0.25, 0.3) is 5.56 Å². The van der Waals surface area contributed by atoms with Gasteiger partial charge in [-0.1, -0.05) is 43.5 Å². The van der Waals surface area contributed by atoms with E-state index in [1.807, 2.05) is 38.1 Å². The van der Waals surface area contributed by atoms with E-state index in [-0.39, 0.29) is 18.1 Å². The Balaban J connectivity index is 1.98. The molecule has 8 heteroatoms. The lowest BCUT2D eigenvalue weighted by atomic mass is 9.96. The lowest BCUT2D eigenvalue weighted by Gasteiger charge is -2.18. The first-order valence-electron chi connectivity index (χ1n) is 12.6. The molecule has 0 saturated carbocycles. The monoisotopic (exact) mass is 543 g/mol. The summed E-state index contributed by atoms with van der Waals surface area (Å²) in [5, 5.41) is 5.46. The minimum Gasteiger partial charge on any atom is -0.494 e. The Morgan fingerprint density at radius 1 is 1.15 bits per heavy atom. The first-order valence-corrected chi connectivity index (χ1v) is 12.9. The zero-order valence-electron chi connectivity index (χ0n) is 22.6. The van der Waals surface area contributed by atoms with E-state index < -0.39 is 0 Å². The van der Waals surface area contributed by atoms with E-state index in [4.69, 9.17) is 37.2 Å². The fourth-order valence-corrected chi connectivity index (χ4v) is 4.52. The fraction of sp³-hybridized carbons (Fsp3) is 0.258. The van der Waals surface area contributed by atoms with Gasteiger partial charge in [0.05, 0.1) is 30.8 Å². The number of methoxy groups -OCH3 is 1. The van der Waals surface area contributed by atoms with Crippen molar-refractivity contribution in [2.45, 2.75) is 33.6 Å². The van der Waals surface area contributed by atoms with Crippen LogP contribution >= 0.6 is 11.6 Å². The van der Waals surface area contributed by atoms with Crippen molar-refractivity contribution in [2.75, 3.05) is 20.3 Å². The predicted octanol–water partition coefficient (Wildman–Crippen LogP) is 6.45. The molecule has 0 unspecified atom stereocenters. The molecule has 0 atom stereocenters. The zero-order valence-corrected chi connectivity index (χ0v) is 23.4. The van der Waals surface area contributed by atoms with Crippen molar-refractivity contribution < 1.29 is 14.2 Å².